The van der Waals surface area contributed by atoms with Gasteiger partial charge in [0.1, 0.15) is 5.75 Å². The summed E-state index contributed by atoms with van der Waals surface area (Å²) in [5, 5.41) is 8.80. The molecule has 0 radical (unpaired) electrons. The fraction of sp³-hybridized carbons (Fsp3) is 0.125. The maximum atomic E-state index is 10.7. The third-order valence-corrected chi connectivity index (χ3v) is 2.67. The van der Waals surface area contributed by atoms with Crippen molar-refractivity contribution in [2.24, 2.45) is 4.99 Å². The minimum Gasteiger partial charge on any atom is -0.494 e. The Bertz CT molecular complexity index is 601. The summed E-state index contributed by atoms with van der Waals surface area (Å²) in [7, 11) is 0. The molecule has 0 aliphatic heterocycles. The second-order valence-corrected chi connectivity index (χ2v) is 4.11. The molecule has 0 aliphatic rings. The van der Waals surface area contributed by atoms with Crippen LogP contribution in [-0.2, 0) is 0 Å². The van der Waals surface area contributed by atoms with Crippen molar-refractivity contribution in [2.45, 2.75) is 6.92 Å². The lowest BCUT2D eigenvalue weighted by Crippen LogP contribution is -1.94. The lowest BCUT2D eigenvalue weighted by atomic mass is 10.2. The van der Waals surface area contributed by atoms with Crippen LogP contribution in [0.2, 0.25) is 0 Å². The van der Waals surface area contributed by atoms with E-state index in [4.69, 9.17) is 9.84 Å². The number of aromatic carboxylic acids is 1. The van der Waals surface area contributed by atoms with Crippen LogP contribution in [0.4, 0.5) is 5.69 Å². The molecule has 4 heteroatoms. The summed E-state index contributed by atoms with van der Waals surface area (Å²) < 4.78 is 5.36. The van der Waals surface area contributed by atoms with Crippen molar-refractivity contribution in [3.05, 3.63) is 59.7 Å². The van der Waals surface area contributed by atoms with Gasteiger partial charge in [-0.2, -0.15) is 0 Å². The Balaban J connectivity index is 2.06. The van der Waals surface area contributed by atoms with E-state index in [1.54, 1.807) is 18.3 Å². The summed E-state index contributed by atoms with van der Waals surface area (Å²) in [6.45, 7) is 2.58. The van der Waals surface area contributed by atoms with Crippen molar-refractivity contribution in [1.29, 1.82) is 0 Å². The quantitative estimate of drug-likeness (QED) is 0.845. The number of ether oxygens (including phenoxy) is 1. The Morgan fingerprint density at radius 3 is 2.35 bits per heavy atom. The Hall–Kier alpha value is -2.62. The highest BCUT2D eigenvalue weighted by Crippen LogP contribution is 2.15. The first-order valence-corrected chi connectivity index (χ1v) is 6.29. The number of aliphatic imine (C=N–C) groups is 1. The van der Waals surface area contributed by atoms with Crippen LogP contribution in [0.25, 0.3) is 0 Å². The average Bonchev–Trinajstić information content (AvgIpc) is 2.47. The molecule has 0 saturated carbocycles. The topological polar surface area (TPSA) is 58.9 Å². The first-order valence-electron chi connectivity index (χ1n) is 6.29. The molecule has 20 heavy (non-hydrogen) atoms. The van der Waals surface area contributed by atoms with Gasteiger partial charge in [-0.05, 0) is 61.0 Å². The molecule has 2 rings (SSSR count). The van der Waals surface area contributed by atoms with Crippen molar-refractivity contribution in [3.8, 4) is 5.75 Å². The van der Waals surface area contributed by atoms with Crippen LogP contribution < -0.4 is 4.74 Å². The number of hydrogen-bond donors (Lipinski definition) is 1. The number of carbonyl (C=O) groups is 1. The average molecular weight is 269 g/mol. The summed E-state index contributed by atoms with van der Waals surface area (Å²) >= 11 is 0. The van der Waals surface area contributed by atoms with Crippen LogP contribution >= 0.6 is 0 Å². The van der Waals surface area contributed by atoms with Crippen molar-refractivity contribution in [1.82, 2.24) is 0 Å². The molecule has 0 heterocycles. The van der Waals surface area contributed by atoms with Crippen molar-refractivity contribution < 1.29 is 14.6 Å². The third kappa shape index (κ3) is 3.68. The van der Waals surface area contributed by atoms with Crippen LogP contribution in [0, 0.1) is 0 Å². The van der Waals surface area contributed by atoms with E-state index in [2.05, 4.69) is 4.99 Å². The second kappa shape index (κ2) is 6.52. The first-order chi connectivity index (χ1) is 9.69. The summed E-state index contributed by atoms with van der Waals surface area (Å²) in [4.78, 5) is 15.0. The van der Waals surface area contributed by atoms with Gasteiger partial charge < -0.3 is 9.84 Å². The van der Waals surface area contributed by atoms with Crippen LogP contribution in [0.3, 0.4) is 0 Å². The molecule has 0 aliphatic carbocycles. The smallest absolute Gasteiger partial charge is 0.335 e. The van der Waals surface area contributed by atoms with Gasteiger partial charge in [0.25, 0.3) is 0 Å². The number of rotatable bonds is 5. The van der Waals surface area contributed by atoms with Crippen LogP contribution in [0.5, 0.6) is 5.75 Å². The van der Waals surface area contributed by atoms with Gasteiger partial charge in [0.05, 0.1) is 17.9 Å². The molecule has 0 saturated heterocycles. The number of carboxylic acid groups (broad SMARTS) is 1. The molecule has 0 amide bonds. The first kappa shape index (κ1) is 13.8. The molecular formula is C16H15NO3. The SMILES string of the molecule is CCOc1ccc(/C=N/c2ccc(C(=O)O)cc2)cc1. The molecular weight excluding hydrogens is 254 g/mol. The maximum absolute atomic E-state index is 10.7. The van der Waals surface area contributed by atoms with Gasteiger partial charge >= 0.3 is 5.97 Å². The van der Waals surface area contributed by atoms with Gasteiger partial charge in [-0.25, -0.2) is 4.79 Å². The van der Waals surface area contributed by atoms with Gasteiger partial charge in [-0.1, -0.05) is 0 Å². The molecule has 4 nitrogen and oxygen atoms in total. The zero-order valence-electron chi connectivity index (χ0n) is 11.1. The van der Waals surface area contributed by atoms with Crippen molar-refractivity contribution in [3.63, 3.8) is 0 Å². The van der Waals surface area contributed by atoms with Gasteiger partial charge in [0, 0.05) is 6.21 Å². The normalized spacial score (nSPS) is 10.7. The van der Waals surface area contributed by atoms with E-state index in [-0.39, 0.29) is 5.56 Å². The van der Waals surface area contributed by atoms with Crippen molar-refractivity contribution in [2.75, 3.05) is 6.61 Å². The van der Waals surface area contributed by atoms with Crippen molar-refractivity contribution >= 4 is 17.9 Å². The lowest BCUT2D eigenvalue weighted by Gasteiger charge is -2.02. The fourth-order valence-electron chi connectivity index (χ4n) is 1.66. The summed E-state index contributed by atoms with van der Waals surface area (Å²) in [6, 6.07) is 14.0. The molecule has 2 aromatic rings. The predicted molar refractivity (Wildman–Crippen MR) is 78.3 cm³/mol. The zero-order valence-corrected chi connectivity index (χ0v) is 11.1. The largest absolute Gasteiger partial charge is 0.494 e. The minimum atomic E-state index is -0.938. The van der Waals surface area contributed by atoms with E-state index < -0.39 is 5.97 Å². The standard InChI is InChI=1S/C16H15NO3/c1-2-20-15-9-3-12(4-10-15)11-17-14-7-5-13(6-8-14)16(18)19/h3-11H,2H2,1H3,(H,18,19)/b17-11+. The molecule has 0 unspecified atom stereocenters. The Morgan fingerprint density at radius 2 is 1.80 bits per heavy atom. The number of nitrogens with zero attached hydrogens (tertiary/aromatic N) is 1. The molecule has 0 atom stereocenters. The number of benzene rings is 2. The van der Waals surface area contributed by atoms with E-state index in [9.17, 15) is 4.79 Å². The van der Waals surface area contributed by atoms with E-state index in [0.29, 0.717) is 12.3 Å². The fourth-order valence-corrected chi connectivity index (χ4v) is 1.66. The van der Waals surface area contributed by atoms with E-state index in [1.807, 2.05) is 31.2 Å². The molecule has 1 N–H and O–H groups in total. The molecule has 0 aromatic heterocycles. The van der Waals surface area contributed by atoms with Gasteiger partial charge in [0.15, 0.2) is 0 Å². The number of hydrogen-bond acceptors (Lipinski definition) is 3. The number of carboxylic acids is 1. The maximum Gasteiger partial charge on any atom is 0.335 e. The summed E-state index contributed by atoms with van der Waals surface area (Å²) in [5.41, 5.74) is 1.92. The second-order valence-electron chi connectivity index (χ2n) is 4.11. The summed E-state index contributed by atoms with van der Waals surface area (Å²) in [6.07, 6.45) is 1.73. The van der Waals surface area contributed by atoms with Gasteiger partial charge in [-0.15, -0.1) is 0 Å². The summed E-state index contributed by atoms with van der Waals surface area (Å²) in [5.74, 6) is -0.109. The molecule has 2 aromatic carbocycles. The van der Waals surface area contributed by atoms with E-state index in [1.165, 1.54) is 12.1 Å². The zero-order chi connectivity index (χ0) is 14.4. The molecule has 102 valence electrons. The predicted octanol–water partition coefficient (Wildman–Crippen LogP) is 3.53. The Labute approximate surface area is 117 Å². The van der Waals surface area contributed by atoms with Crippen LogP contribution in [0.1, 0.15) is 22.8 Å². The van der Waals surface area contributed by atoms with Gasteiger partial charge in [-0.3, -0.25) is 4.99 Å². The molecule has 0 bridgehead atoms. The molecule has 0 fully saturated rings. The van der Waals surface area contributed by atoms with Gasteiger partial charge in [0.2, 0.25) is 0 Å². The highest BCUT2D eigenvalue weighted by Gasteiger charge is 2.00. The van der Waals surface area contributed by atoms with Crippen LogP contribution in [0.15, 0.2) is 53.5 Å². The minimum absolute atomic E-state index is 0.255. The Morgan fingerprint density at radius 1 is 1.15 bits per heavy atom. The molecule has 0 spiro atoms. The highest BCUT2D eigenvalue weighted by molar-refractivity contribution is 5.88. The van der Waals surface area contributed by atoms with Crippen LogP contribution in [-0.4, -0.2) is 23.9 Å². The lowest BCUT2D eigenvalue weighted by molar-refractivity contribution is 0.0697. The Kier molecular flexibility index (Phi) is 4.50. The highest BCUT2D eigenvalue weighted by atomic mass is 16.5. The third-order valence-electron chi connectivity index (χ3n) is 2.67. The van der Waals surface area contributed by atoms with E-state index in [0.717, 1.165) is 11.3 Å². The monoisotopic (exact) mass is 269 g/mol. The van der Waals surface area contributed by atoms with E-state index >= 15 is 0 Å².